The summed E-state index contributed by atoms with van der Waals surface area (Å²) in [5.41, 5.74) is 9.20. The molecule has 6 N–H and O–H groups in total. The molecule has 0 aromatic heterocycles. The van der Waals surface area contributed by atoms with Crippen molar-refractivity contribution in [1.29, 1.82) is 0 Å². The van der Waals surface area contributed by atoms with Crippen molar-refractivity contribution >= 4 is 11.8 Å². The Morgan fingerprint density at radius 3 is 2.51 bits per heavy atom. The van der Waals surface area contributed by atoms with Crippen LogP contribution in [0.5, 0.6) is 0 Å². The normalized spacial score (nSPS) is 43.8. The molecule has 6 aliphatic rings. The van der Waals surface area contributed by atoms with Gasteiger partial charge in [-0.25, -0.2) is 19.2 Å². The lowest BCUT2D eigenvalue weighted by molar-refractivity contribution is -0.139. The molecule has 208 valence electrons. The van der Waals surface area contributed by atoms with Crippen molar-refractivity contribution in [3.63, 3.8) is 0 Å². The first-order chi connectivity index (χ1) is 17.8. The van der Waals surface area contributed by atoms with Crippen LogP contribution in [0.25, 0.3) is 0 Å². The van der Waals surface area contributed by atoms with Gasteiger partial charge in [0.25, 0.3) is 0 Å². The minimum absolute atomic E-state index is 0.0148. The molecule has 0 aromatic rings. The van der Waals surface area contributed by atoms with Crippen LogP contribution in [-0.4, -0.2) is 140 Å². The van der Waals surface area contributed by atoms with Crippen LogP contribution in [0.2, 0.25) is 0 Å². The van der Waals surface area contributed by atoms with Gasteiger partial charge in [-0.3, -0.25) is 24.7 Å². The second-order valence-corrected chi connectivity index (χ2v) is 11.8. The Hall–Kier alpha value is -1.48. The average Bonchev–Trinajstić information content (AvgIpc) is 3.54. The molecule has 0 aromatic carbocycles. The highest BCUT2D eigenvalue weighted by Crippen LogP contribution is 2.33. The number of likely N-dealkylation sites (tertiary alicyclic amines) is 3. The topological polar surface area (TPSA) is 121 Å². The van der Waals surface area contributed by atoms with Gasteiger partial charge in [-0.2, -0.15) is 0 Å². The standard InChI is InChI=1S/C24H41F2N9O2/c1-32-11-16-6-15(32)12-34(16)24(37)13-2-4-33(5-3-13)20-17(26)8-28-9-18(20)30-23(36)19-21(27)31-35-10-14(25)7-29-22(19)35/h13-22,28-29,31H,2-12,27H2,1H3,(H,30,36). The van der Waals surface area contributed by atoms with E-state index in [0.717, 1.165) is 19.5 Å². The van der Waals surface area contributed by atoms with Gasteiger partial charge in [-0.15, -0.1) is 0 Å². The maximum Gasteiger partial charge on any atom is 0.229 e. The highest BCUT2D eigenvalue weighted by molar-refractivity contribution is 5.81. The number of likely N-dealkylation sites (N-methyl/N-ethyl adjacent to an activating group) is 1. The molecule has 9 atom stereocenters. The lowest BCUT2D eigenvalue weighted by Gasteiger charge is -2.45. The Balaban J connectivity index is 1.07. The second kappa shape index (κ2) is 10.2. The predicted octanol–water partition coefficient (Wildman–Crippen LogP) is -2.60. The van der Waals surface area contributed by atoms with Crippen molar-refractivity contribution in [1.82, 2.24) is 41.1 Å². The summed E-state index contributed by atoms with van der Waals surface area (Å²) in [6.45, 7) is 4.09. The summed E-state index contributed by atoms with van der Waals surface area (Å²) in [5, 5.41) is 10.9. The van der Waals surface area contributed by atoms with Gasteiger partial charge in [0.2, 0.25) is 11.8 Å². The fourth-order valence-electron chi connectivity index (χ4n) is 7.56. The minimum Gasteiger partial charge on any atom is -0.350 e. The fraction of sp³-hybridized carbons (Fsp3) is 0.917. The first-order valence-electron chi connectivity index (χ1n) is 13.9. The quantitative estimate of drug-likeness (QED) is 0.269. The molecule has 6 fully saturated rings. The van der Waals surface area contributed by atoms with E-state index in [-0.39, 0.29) is 37.4 Å². The third kappa shape index (κ3) is 4.77. The number of rotatable bonds is 4. The molecule has 6 heterocycles. The molecule has 6 rings (SSSR count). The third-order valence-electron chi connectivity index (χ3n) is 9.54. The van der Waals surface area contributed by atoms with Crippen molar-refractivity contribution in [2.45, 2.75) is 68.1 Å². The SMILES string of the molecule is CN1CC2CC1CN2C(=O)C1CCN(C2C(F)CNCC2NC(=O)C2C(N)NN3CC(F)CNC23)CC1. The molecule has 11 nitrogen and oxygen atoms in total. The van der Waals surface area contributed by atoms with Crippen LogP contribution in [0, 0.1) is 11.8 Å². The number of nitrogens with two attached hydrogens (primary N) is 1. The Kier molecular flexibility index (Phi) is 7.14. The summed E-state index contributed by atoms with van der Waals surface area (Å²) in [6, 6.07) is -0.0689. The van der Waals surface area contributed by atoms with Crippen LogP contribution in [0.4, 0.5) is 8.78 Å². The van der Waals surface area contributed by atoms with E-state index >= 15 is 4.39 Å². The number of alkyl halides is 2. The molecule has 0 spiro atoms. The van der Waals surface area contributed by atoms with E-state index in [1.54, 1.807) is 5.01 Å². The van der Waals surface area contributed by atoms with Crippen molar-refractivity contribution in [3.8, 4) is 0 Å². The number of nitrogens with zero attached hydrogens (tertiary/aromatic N) is 4. The van der Waals surface area contributed by atoms with Gasteiger partial charge in [0.05, 0.1) is 30.3 Å². The Bertz CT molecular complexity index is 875. The van der Waals surface area contributed by atoms with E-state index < -0.39 is 42.7 Å². The van der Waals surface area contributed by atoms with E-state index in [1.807, 2.05) is 0 Å². The minimum atomic E-state index is -1.14. The summed E-state index contributed by atoms with van der Waals surface area (Å²) in [5.74, 6) is -0.636. The summed E-state index contributed by atoms with van der Waals surface area (Å²) in [6.07, 6.45) is -0.728. The van der Waals surface area contributed by atoms with Gasteiger partial charge >= 0.3 is 0 Å². The van der Waals surface area contributed by atoms with Crippen molar-refractivity contribution in [3.05, 3.63) is 0 Å². The summed E-state index contributed by atoms with van der Waals surface area (Å²) in [7, 11) is 2.13. The number of carbonyl (C=O) groups is 2. The first kappa shape index (κ1) is 25.8. The fourth-order valence-corrected chi connectivity index (χ4v) is 7.56. The van der Waals surface area contributed by atoms with E-state index in [4.69, 9.17) is 5.73 Å². The molecule has 6 saturated heterocycles. The number of nitrogens with one attached hydrogen (secondary N) is 4. The molecule has 0 radical (unpaired) electrons. The highest BCUT2D eigenvalue weighted by atomic mass is 19.1. The number of fused-ring (bicyclic) bond motifs is 3. The second-order valence-electron chi connectivity index (χ2n) is 11.8. The van der Waals surface area contributed by atoms with Gasteiger partial charge < -0.3 is 21.3 Å². The Morgan fingerprint density at radius 1 is 1.03 bits per heavy atom. The number of amides is 2. The van der Waals surface area contributed by atoms with Crippen LogP contribution in [0.3, 0.4) is 0 Å². The molecule has 13 heteroatoms. The zero-order chi connectivity index (χ0) is 25.8. The molecule has 0 aliphatic carbocycles. The van der Waals surface area contributed by atoms with E-state index in [1.165, 1.54) is 0 Å². The third-order valence-corrected chi connectivity index (χ3v) is 9.54. The van der Waals surface area contributed by atoms with Crippen LogP contribution < -0.4 is 27.1 Å². The summed E-state index contributed by atoms with van der Waals surface area (Å²) >= 11 is 0. The van der Waals surface area contributed by atoms with Gasteiger partial charge in [0, 0.05) is 57.3 Å². The van der Waals surface area contributed by atoms with E-state index in [0.29, 0.717) is 44.6 Å². The molecule has 37 heavy (non-hydrogen) atoms. The lowest BCUT2D eigenvalue weighted by atomic mass is 9.89. The summed E-state index contributed by atoms with van der Waals surface area (Å²) in [4.78, 5) is 33.2. The molecule has 2 bridgehead atoms. The lowest BCUT2D eigenvalue weighted by Crippen LogP contribution is -2.67. The Morgan fingerprint density at radius 2 is 1.81 bits per heavy atom. The van der Waals surface area contributed by atoms with Gasteiger partial charge in [-0.05, 0) is 39.4 Å². The zero-order valence-electron chi connectivity index (χ0n) is 21.5. The number of piperidine rings is 2. The largest absolute Gasteiger partial charge is 0.350 e. The van der Waals surface area contributed by atoms with E-state index in [9.17, 15) is 14.0 Å². The van der Waals surface area contributed by atoms with Crippen LogP contribution >= 0.6 is 0 Å². The van der Waals surface area contributed by atoms with Crippen molar-refractivity contribution in [2.24, 2.45) is 17.6 Å². The molecule has 6 aliphatic heterocycles. The van der Waals surface area contributed by atoms with Gasteiger partial charge in [0.1, 0.15) is 12.3 Å². The van der Waals surface area contributed by atoms with E-state index in [2.05, 4.69) is 43.1 Å². The molecule has 2 amide bonds. The zero-order valence-corrected chi connectivity index (χ0v) is 21.5. The van der Waals surface area contributed by atoms with Crippen LogP contribution in [0.1, 0.15) is 19.3 Å². The van der Waals surface area contributed by atoms with Crippen LogP contribution in [-0.2, 0) is 9.59 Å². The number of halogens is 2. The maximum absolute atomic E-state index is 15.3. The predicted molar refractivity (Wildman–Crippen MR) is 132 cm³/mol. The van der Waals surface area contributed by atoms with Crippen molar-refractivity contribution in [2.75, 3.05) is 59.4 Å². The smallest absolute Gasteiger partial charge is 0.229 e. The number of hydrogen-bond donors (Lipinski definition) is 5. The monoisotopic (exact) mass is 525 g/mol. The molecule has 9 unspecified atom stereocenters. The maximum atomic E-state index is 15.3. The number of carbonyl (C=O) groups excluding carboxylic acids is 2. The van der Waals surface area contributed by atoms with Crippen LogP contribution in [0.15, 0.2) is 0 Å². The van der Waals surface area contributed by atoms with Gasteiger partial charge in [-0.1, -0.05) is 0 Å². The molecular weight excluding hydrogens is 484 g/mol. The Labute approximate surface area is 216 Å². The molecule has 0 saturated carbocycles. The number of hydrazine groups is 1. The summed E-state index contributed by atoms with van der Waals surface area (Å²) < 4.78 is 29.1. The van der Waals surface area contributed by atoms with Crippen molar-refractivity contribution < 1.29 is 18.4 Å². The first-order valence-corrected chi connectivity index (χ1v) is 13.9. The average molecular weight is 526 g/mol. The number of piperazine rings is 1. The van der Waals surface area contributed by atoms with Gasteiger partial charge in [0.15, 0.2) is 0 Å². The number of hydrogen-bond acceptors (Lipinski definition) is 9. The highest BCUT2D eigenvalue weighted by Gasteiger charge is 2.49. The molecular formula is C24H41F2N9O2.